The van der Waals surface area contributed by atoms with E-state index in [-0.39, 0.29) is 11.9 Å². The van der Waals surface area contributed by atoms with Gasteiger partial charge < -0.3 is 15.4 Å². The van der Waals surface area contributed by atoms with Crippen molar-refractivity contribution in [3.05, 3.63) is 45.6 Å². The quantitative estimate of drug-likeness (QED) is 0.880. The van der Waals surface area contributed by atoms with Crippen molar-refractivity contribution in [3.8, 4) is 5.75 Å². The maximum Gasteiger partial charge on any atom is 0.256 e. The Bertz CT molecular complexity index is 651. The molecule has 0 saturated heterocycles. The minimum absolute atomic E-state index is 0.00167. The monoisotopic (exact) mass is 304 g/mol. The summed E-state index contributed by atoms with van der Waals surface area (Å²) in [5.74, 6) is 0.416. The summed E-state index contributed by atoms with van der Waals surface area (Å²) < 4.78 is 5.17. The van der Waals surface area contributed by atoms with Gasteiger partial charge in [-0.15, -0.1) is 11.3 Å². The maximum atomic E-state index is 12.7. The van der Waals surface area contributed by atoms with E-state index in [9.17, 15) is 4.79 Å². The van der Waals surface area contributed by atoms with Crippen LogP contribution < -0.4 is 10.5 Å². The second-order valence-electron chi connectivity index (χ2n) is 4.96. The summed E-state index contributed by atoms with van der Waals surface area (Å²) in [7, 11) is 3.34. The first-order chi connectivity index (χ1) is 9.95. The molecule has 1 aromatic carbocycles. The summed E-state index contributed by atoms with van der Waals surface area (Å²) >= 11 is 1.70. The molecule has 21 heavy (non-hydrogen) atoms. The van der Waals surface area contributed by atoms with Crippen molar-refractivity contribution in [3.63, 3.8) is 0 Å². The number of nitrogen functional groups attached to an aromatic ring is 1. The van der Waals surface area contributed by atoms with E-state index in [2.05, 4.69) is 19.1 Å². The predicted octanol–water partition coefficient (Wildman–Crippen LogP) is 3.48. The molecule has 5 heteroatoms. The number of nitrogens with zero attached hydrogens (tertiary/aromatic N) is 1. The van der Waals surface area contributed by atoms with Crippen LogP contribution in [0.2, 0.25) is 0 Å². The van der Waals surface area contributed by atoms with Gasteiger partial charge >= 0.3 is 0 Å². The van der Waals surface area contributed by atoms with Gasteiger partial charge in [0.05, 0.1) is 24.4 Å². The van der Waals surface area contributed by atoms with Gasteiger partial charge in [-0.3, -0.25) is 4.79 Å². The zero-order valence-electron chi connectivity index (χ0n) is 12.7. The highest BCUT2D eigenvalue weighted by atomic mass is 32.1. The first-order valence-corrected chi connectivity index (χ1v) is 7.53. The van der Waals surface area contributed by atoms with Crippen LogP contribution in [0.15, 0.2) is 30.3 Å². The molecule has 1 amide bonds. The van der Waals surface area contributed by atoms with E-state index in [1.807, 2.05) is 6.92 Å². The lowest BCUT2D eigenvalue weighted by atomic mass is 10.1. The van der Waals surface area contributed by atoms with Gasteiger partial charge in [-0.05, 0) is 38.1 Å². The molecule has 0 spiro atoms. The van der Waals surface area contributed by atoms with Crippen LogP contribution in [-0.2, 0) is 0 Å². The summed E-state index contributed by atoms with van der Waals surface area (Å²) in [6.45, 7) is 4.07. The van der Waals surface area contributed by atoms with E-state index >= 15 is 0 Å². The molecule has 0 saturated carbocycles. The fraction of sp³-hybridized carbons (Fsp3) is 0.312. The minimum atomic E-state index is -0.107. The van der Waals surface area contributed by atoms with Crippen LogP contribution in [0.4, 0.5) is 5.69 Å². The normalized spacial score (nSPS) is 12.0. The van der Waals surface area contributed by atoms with Crippen LogP contribution in [0.5, 0.6) is 5.75 Å². The Morgan fingerprint density at radius 2 is 2.05 bits per heavy atom. The summed E-state index contributed by atoms with van der Waals surface area (Å²) in [4.78, 5) is 16.7. The zero-order chi connectivity index (χ0) is 15.6. The van der Waals surface area contributed by atoms with Crippen LogP contribution >= 0.6 is 11.3 Å². The lowest BCUT2D eigenvalue weighted by Crippen LogP contribution is -2.29. The van der Waals surface area contributed by atoms with Gasteiger partial charge in [0.2, 0.25) is 0 Å². The largest absolute Gasteiger partial charge is 0.495 e. The Hall–Kier alpha value is -2.01. The highest BCUT2D eigenvalue weighted by Gasteiger charge is 2.22. The van der Waals surface area contributed by atoms with Crippen molar-refractivity contribution < 1.29 is 9.53 Å². The Labute approximate surface area is 129 Å². The van der Waals surface area contributed by atoms with Crippen LogP contribution in [-0.4, -0.2) is 25.0 Å². The molecule has 0 bridgehead atoms. The molecule has 0 aliphatic carbocycles. The molecule has 0 radical (unpaired) electrons. The van der Waals surface area contributed by atoms with E-state index in [4.69, 9.17) is 10.5 Å². The van der Waals surface area contributed by atoms with Crippen molar-refractivity contribution in [1.82, 2.24) is 4.90 Å². The maximum absolute atomic E-state index is 12.7. The zero-order valence-corrected chi connectivity index (χ0v) is 13.5. The Morgan fingerprint density at radius 1 is 1.33 bits per heavy atom. The molecular weight excluding hydrogens is 284 g/mol. The lowest BCUT2D eigenvalue weighted by Gasteiger charge is -2.25. The molecule has 0 aliphatic rings. The summed E-state index contributed by atoms with van der Waals surface area (Å²) in [5.41, 5.74) is 6.86. The Kier molecular flexibility index (Phi) is 4.53. The van der Waals surface area contributed by atoms with Gasteiger partial charge in [-0.25, -0.2) is 0 Å². The summed E-state index contributed by atoms with van der Waals surface area (Å²) in [5, 5.41) is 0. The fourth-order valence-electron chi connectivity index (χ4n) is 2.14. The second kappa shape index (κ2) is 6.18. The number of ether oxygens (including phenoxy) is 1. The van der Waals surface area contributed by atoms with Gasteiger partial charge in [0.1, 0.15) is 5.75 Å². The number of amides is 1. The number of thiophene rings is 1. The topological polar surface area (TPSA) is 55.6 Å². The number of hydrogen-bond acceptors (Lipinski definition) is 4. The van der Waals surface area contributed by atoms with E-state index in [0.29, 0.717) is 17.0 Å². The number of hydrogen-bond donors (Lipinski definition) is 1. The van der Waals surface area contributed by atoms with E-state index in [1.54, 1.807) is 48.6 Å². The molecular formula is C16H20N2O2S. The number of rotatable bonds is 4. The molecule has 112 valence electrons. The predicted molar refractivity (Wildman–Crippen MR) is 87.0 cm³/mol. The molecule has 0 fully saturated rings. The van der Waals surface area contributed by atoms with Gasteiger partial charge in [-0.1, -0.05) is 6.07 Å². The third kappa shape index (κ3) is 3.03. The summed E-state index contributed by atoms with van der Waals surface area (Å²) in [6, 6.07) is 9.37. The second-order valence-corrected chi connectivity index (χ2v) is 6.28. The van der Waals surface area contributed by atoms with Crippen molar-refractivity contribution in [2.45, 2.75) is 19.9 Å². The van der Waals surface area contributed by atoms with Gasteiger partial charge in [0.25, 0.3) is 5.91 Å². The number of carbonyl (C=O) groups is 1. The molecule has 0 aliphatic heterocycles. The first kappa shape index (κ1) is 15.4. The van der Waals surface area contributed by atoms with Crippen LogP contribution in [0.25, 0.3) is 0 Å². The highest BCUT2D eigenvalue weighted by Crippen LogP contribution is 2.30. The lowest BCUT2D eigenvalue weighted by molar-refractivity contribution is 0.0745. The van der Waals surface area contributed by atoms with Crippen molar-refractivity contribution >= 4 is 22.9 Å². The van der Waals surface area contributed by atoms with Crippen molar-refractivity contribution in [2.24, 2.45) is 0 Å². The average molecular weight is 304 g/mol. The third-order valence-electron chi connectivity index (χ3n) is 3.59. The smallest absolute Gasteiger partial charge is 0.256 e. The number of anilines is 1. The third-order valence-corrected chi connectivity index (χ3v) is 4.76. The van der Waals surface area contributed by atoms with Crippen LogP contribution in [0.1, 0.15) is 33.1 Å². The molecule has 2 aromatic rings. The first-order valence-electron chi connectivity index (χ1n) is 6.71. The number of nitrogens with two attached hydrogens (primary N) is 1. The number of para-hydroxylation sites is 1. The fourth-order valence-corrected chi connectivity index (χ4v) is 3.12. The van der Waals surface area contributed by atoms with E-state index in [1.165, 1.54) is 4.88 Å². The Morgan fingerprint density at radius 3 is 2.62 bits per heavy atom. The molecule has 2 N–H and O–H groups in total. The van der Waals surface area contributed by atoms with E-state index in [0.717, 1.165) is 4.88 Å². The molecule has 1 atom stereocenters. The highest BCUT2D eigenvalue weighted by molar-refractivity contribution is 7.12. The number of aryl methyl sites for hydroxylation is 1. The average Bonchev–Trinajstić information content (AvgIpc) is 2.92. The molecule has 2 rings (SSSR count). The van der Waals surface area contributed by atoms with Crippen LogP contribution in [0, 0.1) is 6.92 Å². The van der Waals surface area contributed by atoms with Gasteiger partial charge in [0, 0.05) is 16.8 Å². The number of benzene rings is 1. The van der Waals surface area contributed by atoms with Crippen LogP contribution in [0.3, 0.4) is 0 Å². The molecule has 1 unspecified atom stereocenters. The van der Waals surface area contributed by atoms with Crippen molar-refractivity contribution in [2.75, 3.05) is 19.9 Å². The van der Waals surface area contributed by atoms with Gasteiger partial charge in [0.15, 0.2) is 0 Å². The molecule has 1 heterocycles. The number of methoxy groups -OCH3 is 1. The standard InChI is InChI=1S/C16H20N2O2S/c1-10-8-9-14(21-10)11(2)18(3)16(19)12-6-5-7-13(20-4)15(12)17/h5-9,11H,17H2,1-4H3. The minimum Gasteiger partial charge on any atom is -0.495 e. The molecule has 1 aromatic heterocycles. The Balaban J connectivity index is 2.27. The summed E-state index contributed by atoms with van der Waals surface area (Å²) in [6.07, 6.45) is 0. The number of carbonyl (C=O) groups excluding carboxylic acids is 1. The SMILES string of the molecule is COc1cccc(C(=O)N(C)C(C)c2ccc(C)s2)c1N. The van der Waals surface area contributed by atoms with E-state index < -0.39 is 0 Å². The molecule has 4 nitrogen and oxygen atoms in total. The van der Waals surface area contributed by atoms with Crippen molar-refractivity contribution in [1.29, 1.82) is 0 Å². The van der Waals surface area contributed by atoms with Gasteiger partial charge in [-0.2, -0.15) is 0 Å².